The summed E-state index contributed by atoms with van der Waals surface area (Å²) < 4.78 is 0. The van der Waals surface area contributed by atoms with Crippen LogP contribution in [0.5, 0.6) is 0 Å². The predicted octanol–water partition coefficient (Wildman–Crippen LogP) is 3.19. The molecule has 0 aromatic carbocycles. The summed E-state index contributed by atoms with van der Waals surface area (Å²) in [5.41, 5.74) is 0. The summed E-state index contributed by atoms with van der Waals surface area (Å²) >= 11 is 1.81. The topological polar surface area (TPSA) is 12.0 Å². The molecule has 1 aromatic rings. The van der Waals surface area contributed by atoms with Crippen molar-refractivity contribution in [3.63, 3.8) is 0 Å². The first kappa shape index (κ1) is 10.5. The molecule has 0 aliphatic carbocycles. The Labute approximate surface area is 84.5 Å². The van der Waals surface area contributed by atoms with Gasteiger partial charge >= 0.3 is 0 Å². The molecule has 72 valence electrons. The second-order valence-electron chi connectivity index (χ2n) is 3.23. The van der Waals surface area contributed by atoms with E-state index in [-0.39, 0.29) is 0 Å². The van der Waals surface area contributed by atoms with Crippen molar-refractivity contribution in [1.29, 1.82) is 0 Å². The van der Waals surface area contributed by atoms with E-state index in [1.807, 2.05) is 6.08 Å². The van der Waals surface area contributed by atoms with Gasteiger partial charge in [0, 0.05) is 17.5 Å². The summed E-state index contributed by atoms with van der Waals surface area (Å²) in [6, 6.07) is 4.84. The Morgan fingerprint density at radius 3 is 3.15 bits per heavy atom. The Kier molecular flexibility index (Phi) is 4.79. The Morgan fingerprint density at radius 1 is 1.69 bits per heavy atom. The molecule has 0 fully saturated rings. The lowest BCUT2D eigenvalue weighted by Crippen LogP contribution is -2.24. The lowest BCUT2D eigenvalue weighted by atomic mass is 10.2. The molecule has 0 aliphatic heterocycles. The van der Waals surface area contributed by atoms with Gasteiger partial charge in [0.25, 0.3) is 0 Å². The van der Waals surface area contributed by atoms with E-state index in [1.54, 1.807) is 11.3 Å². The molecule has 13 heavy (non-hydrogen) atoms. The fourth-order valence-corrected chi connectivity index (χ4v) is 1.81. The van der Waals surface area contributed by atoms with E-state index in [9.17, 15) is 0 Å². The van der Waals surface area contributed by atoms with E-state index in [0.29, 0.717) is 6.04 Å². The largest absolute Gasteiger partial charge is 0.309 e. The fraction of sp³-hybridized carbons (Fsp3) is 0.455. The third-order valence-electron chi connectivity index (χ3n) is 2.01. The van der Waals surface area contributed by atoms with Crippen LogP contribution in [0.2, 0.25) is 0 Å². The van der Waals surface area contributed by atoms with E-state index in [1.165, 1.54) is 11.3 Å². The zero-order valence-electron chi connectivity index (χ0n) is 8.12. The molecule has 1 N–H and O–H groups in total. The van der Waals surface area contributed by atoms with Crippen molar-refractivity contribution in [3.8, 4) is 0 Å². The number of hydrogen-bond donors (Lipinski definition) is 1. The zero-order chi connectivity index (χ0) is 9.52. The highest BCUT2D eigenvalue weighted by molar-refractivity contribution is 7.09. The van der Waals surface area contributed by atoms with Gasteiger partial charge in [-0.2, -0.15) is 0 Å². The quantitative estimate of drug-likeness (QED) is 0.687. The molecule has 0 spiro atoms. The lowest BCUT2D eigenvalue weighted by Gasteiger charge is -2.11. The molecule has 1 atom stereocenters. The van der Waals surface area contributed by atoms with Crippen LogP contribution >= 0.6 is 11.3 Å². The summed E-state index contributed by atoms with van der Waals surface area (Å²) in [4.78, 5) is 1.41. The van der Waals surface area contributed by atoms with E-state index in [2.05, 4.69) is 36.3 Å². The predicted molar refractivity (Wildman–Crippen MR) is 60.1 cm³/mol. The Hall–Kier alpha value is -0.600. The van der Waals surface area contributed by atoms with Crippen molar-refractivity contribution in [2.45, 2.75) is 32.4 Å². The van der Waals surface area contributed by atoms with Crippen LogP contribution in [0.4, 0.5) is 0 Å². The van der Waals surface area contributed by atoms with Crippen LogP contribution in [-0.2, 0) is 6.54 Å². The summed E-state index contributed by atoms with van der Waals surface area (Å²) in [7, 11) is 0. The minimum atomic E-state index is 0.583. The summed E-state index contributed by atoms with van der Waals surface area (Å²) in [5, 5.41) is 5.60. The maximum atomic E-state index is 3.72. The monoisotopic (exact) mass is 195 g/mol. The highest BCUT2D eigenvalue weighted by Gasteiger charge is 1.99. The Bertz CT molecular complexity index is 228. The van der Waals surface area contributed by atoms with Crippen LogP contribution in [0.15, 0.2) is 30.2 Å². The van der Waals surface area contributed by atoms with Gasteiger partial charge in [-0.25, -0.2) is 0 Å². The van der Waals surface area contributed by atoms with Crippen LogP contribution in [0.1, 0.15) is 24.6 Å². The number of hydrogen-bond acceptors (Lipinski definition) is 2. The van der Waals surface area contributed by atoms with Gasteiger partial charge in [-0.1, -0.05) is 12.1 Å². The van der Waals surface area contributed by atoms with Crippen LogP contribution < -0.4 is 5.32 Å². The number of nitrogens with one attached hydrogen (secondary N) is 1. The molecule has 0 saturated heterocycles. The van der Waals surface area contributed by atoms with Crippen molar-refractivity contribution in [2.24, 2.45) is 0 Å². The van der Waals surface area contributed by atoms with Gasteiger partial charge in [0.1, 0.15) is 0 Å². The first-order valence-electron chi connectivity index (χ1n) is 4.69. The van der Waals surface area contributed by atoms with Gasteiger partial charge in [-0.3, -0.25) is 0 Å². The summed E-state index contributed by atoms with van der Waals surface area (Å²) in [6.45, 7) is 6.93. The number of allylic oxidation sites excluding steroid dienone is 1. The highest BCUT2D eigenvalue weighted by Crippen LogP contribution is 2.08. The Morgan fingerprint density at radius 2 is 2.54 bits per heavy atom. The van der Waals surface area contributed by atoms with Gasteiger partial charge < -0.3 is 5.32 Å². The van der Waals surface area contributed by atoms with E-state index in [0.717, 1.165) is 13.0 Å². The molecule has 1 nitrogen and oxygen atoms in total. The van der Waals surface area contributed by atoms with E-state index in [4.69, 9.17) is 0 Å². The molecule has 0 amide bonds. The maximum Gasteiger partial charge on any atom is 0.0302 e. The second kappa shape index (κ2) is 5.95. The molecule has 0 unspecified atom stereocenters. The van der Waals surface area contributed by atoms with Gasteiger partial charge in [-0.15, -0.1) is 17.9 Å². The van der Waals surface area contributed by atoms with E-state index >= 15 is 0 Å². The second-order valence-corrected chi connectivity index (χ2v) is 4.26. The fourth-order valence-electron chi connectivity index (χ4n) is 1.16. The number of rotatable bonds is 6. The highest BCUT2D eigenvalue weighted by atomic mass is 32.1. The first-order valence-corrected chi connectivity index (χ1v) is 5.57. The maximum absolute atomic E-state index is 3.72. The minimum absolute atomic E-state index is 0.583. The van der Waals surface area contributed by atoms with Crippen LogP contribution in [0.3, 0.4) is 0 Å². The van der Waals surface area contributed by atoms with Crippen molar-refractivity contribution in [2.75, 3.05) is 0 Å². The normalized spacial score (nSPS) is 12.7. The van der Waals surface area contributed by atoms with E-state index < -0.39 is 0 Å². The van der Waals surface area contributed by atoms with Gasteiger partial charge in [-0.05, 0) is 31.2 Å². The third kappa shape index (κ3) is 4.25. The standard InChI is InChI=1S/C11H17NS/c1-3-4-6-10(2)12-9-11-7-5-8-13-11/h3,5,7-8,10,12H,1,4,6,9H2,2H3/t10-/m0/s1. The first-order chi connectivity index (χ1) is 6.33. The van der Waals surface area contributed by atoms with Crippen molar-refractivity contribution in [3.05, 3.63) is 35.0 Å². The molecule has 0 saturated carbocycles. The molecule has 1 rings (SSSR count). The molecular formula is C11H17NS. The van der Waals surface area contributed by atoms with Crippen LogP contribution in [0, 0.1) is 0 Å². The van der Waals surface area contributed by atoms with Gasteiger partial charge in [0.05, 0.1) is 0 Å². The van der Waals surface area contributed by atoms with Crippen LogP contribution in [0.25, 0.3) is 0 Å². The molecular weight excluding hydrogens is 178 g/mol. The lowest BCUT2D eigenvalue weighted by molar-refractivity contribution is 0.521. The summed E-state index contributed by atoms with van der Waals surface area (Å²) in [5.74, 6) is 0. The average Bonchev–Trinajstić information content (AvgIpc) is 2.64. The van der Waals surface area contributed by atoms with Crippen molar-refractivity contribution >= 4 is 11.3 Å². The minimum Gasteiger partial charge on any atom is -0.309 e. The molecule has 0 aliphatic rings. The summed E-state index contributed by atoms with van der Waals surface area (Å²) in [6.07, 6.45) is 4.25. The third-order valence-corrected chi connectivity index (χ3v) is 2.89. The van der Waals surface area contributed by atoms with Gasteiger partial charge in [0.2, 0.25) is 0 Å². The van der Waals surface area contributed by atoms with Crippen molar-refractivity contribution < 1.29 is 0 Å². The van der Waals surface area contributed by atoms with Crippen LogP contribution in [-0.4, -0.2) is 6.04 Å². The van der Waals surface area contributed by atoms with Crippen molar-refractivity contribution in [1.82, 2.24) is 5.32 Å². The number of thiophene rings is 1. The molecule has 2 heteroatoms. The zero-order valence-corrected chi connectivity index (χ0v) is 8.94. The molecule has 1 heterocycles. The molecule has 0 bridgehead atoms. The smallest absolute Gasteiger partial charge is 0.0302 e. The van der Waals surface area contributed by atoms with Gasteiger partial charge in [0.15, 0.2) is 0 Å². The Balaban J connectivity index is 2.15. The SMILES string of the molecule is C=CCC[C@H](C)NCc1cccs1. The average molecular weight is 195 g/mol. The molecule has 1 aromatic heterocycles. The molecule has 0 radical (unpaired) electrons.